The molecule has 3 rings (SSSR count). The highest BCUT2D eigenvalue weighted by molar-refractivity contribution is 5.81. The molecule has 5 unspecified atom stereocenters. The lowest BCUT2D eigenvalue weighted by Gasteiger charge is -2.41. The molecule has 3 aliphatic rings. The third-order valence-electron chi connectivity index (χ3n) is 6.16. The van der Waals surface area contributed by atoms with E-state index in [1.54, 1.807) is 0 Å². The molecule has 5 atom stereocenters. The first-order chi connectivity index (χ1) is 12.1. The number of carboxylic acids is 1. The standard InChI is InChI=1S/C21H28O5/c1-6-7-16(10-18(22)23)8-9-20(24)13(2)11-21(17-12-19(17,20)5)25-14(3)15(4)26-21/h10-11,14-15,17,24H,6-7,12H2,1-5H3,(H,22,23)/b16-10-. The molecule has 1 aliphatic heterocycles. The van der Waals surface area contributed by atoms with Crippen molar-refractivity contribution < 1.29 is 24.5 Å². The van der Waals surface area contributed by atoms with Crippen molar-refractivity contribution >= 4 is 5.97 Å². The first-order valence-electron chi connectivity index (χ1n) is 9.32. The van der Waals surface area contributed by atoms with Crippen LogP contribution in [-0.2, 0) is 14.3 Å². The molecule has 5 heteroatoms. The van der Waals surface area contributed by atoms with Gasteiger partial charge < -0.3 is 19.7 Å². The Morgan fingerprint density at radius 3 is 2.54 bits per heavy atom. The maximum atomic E-state index is 11.4. The van der Waals surface area contributed by atoms with Gasteiger partial charge in [-0.1, -0.05) is 32.1 Å². The van der Waals surface area contributed by atoms with Crippen LogP contribution in [0.25, 0.3) is 0 Å². The lowest BCUT2D eigenvalue weighted by atomic mass is 9.73. The quantitative estimate of drug-likeness (QED) is 0.460. The number of fused-ring (bicyclic) bond motifs is 2. The van der Waals surface area contributed by atoms with Crippen LogP contribution < -0.4 is 0 Å². The molecule has 142 valence electrons. The molecule has 0 aromatic carbocycles. The fourth-order valence-electron chi connectivity index (χ4n) is 4.34. The lowest BCUT2D eigenvalue weighted by Crippen LogP contribution is -2.49. The van der Waals surface area contributed by atoms with E-state index in [-0.39, 0.29) is 18.1 Å². The Morgan fingerprint density at radius 2 is 2.00 bits per heavy atom. The Balaban J connectivity index is 1.97. The summed E-state index contributed by atoms with van der Waals surface area (Å²) >= 11 is 0. The molecule has 5 nitrogen and oxygen atoms in total. The smallest absolute Gasteiger partial charge is 0.329 e. The number of carboxylic acid groups (broad SMARTS) is 1. The highest BCUT2D eigenvalue weighted by Gasteiger charge is 2.75. The van der Waals surface area contributed by atoms with E-state index < -0.39 is 22.8 Å². The molecule has 0 amide bonds. The second-order valence-electron chi connectivity index (χ2n) is 8.09. The Morgan fingerprint density at radius 1 is 1.38 bits per heavy atom. The minimum absolute atomic E-state index is 0.00386. The Hall–Kier alpha value is -1.61. The SMILES string of the molecule is CCC/C(C#CC1(O)C(C)=CC2(OC(C)C(C)O2)C2CC21C)=C/C(=O)O. The van der Waals surface area contributed by atoms with Crippen molar-refractivity contribution in [3.8, 4) is 11.8 Å². The van der Waals surface area contributed by atoms with E-state index in [1.165, 1.54) is 0 Å². The number of aliphatic carboxylic acids is 1. The highest BCUT2D eigenvalue weighted by Crippen LogP contribution is 2.70. The van der Waals surface area contributed by atoms with Gasteiger partial charge in [0.15, 0.2) is 11.4 Å². The molecule has 0 aromatic heterocycles. The van der Waals surface area contributed by atoms with Crippen LogP contribution in [-0.4, -0.2) is 39.8 Å². The summed E-state index contributed by atoms with van der Waals surface area (Å²) in [4.78, 5) is 11.0. The topological polar surface area (TPSA) is 76.0 Å². The zero-order chi connectivity index (χ0) is 19.3. The van der Waals surface area contributed by atoms with Crippen molar-refractivity contribution in [3.63, 3.8) is 0 Å². The van der Waals surface area contributed by atoms with Crippen LogP contribution in [0.2, 0.25) is 0 Å². The Labute approximate surface area is 155 Å². The lowest BCUT2D eigenvalue weighted by molar-refractivity contribution is -0.171. The number of hydrogen-bond donors (Lipinski definition) is 2. The summed E-state index contributed by atoms with van der Waals surface area (Å²) < 4.78 is 12.3. The molecular weight excluding hydrogens is 332 g/mol. The summed E-state index contributed by atoms with van der Waals surface area (Å²) in [6, 6.07) is 0. The van der Waals surface area contributed by atoms with Gasteiger partial charge in [0.1, 0.15) is 0 Å². The molecule has 0 bridgehead atoms. The second kappa shape index (κ2) is 6.23. The molecular formula is C21H28O5. The third-order valence-corrected chi connectivity index (χ3v) is 6.16. The summed E-state index contributed by atoms with van der Waals surface area (Å²) in [6.07, 6.45) is 5.11. The molecule has 1 heterocycles. The van der Waals surface area contributed by atoms with E-state index in [2.05, 4.69) is 11.8 Å². The maximum Gasteiger partial charge on any atom is 0.329 e. The predicted molar refractivity (Wildman–Crippen MR) is 97.1 cm³/mol. The summed E-state index contributed by atoms with van der Waals surface area (Å²) in [5, 5.41) is 20.4. The number of carbonyl (C=O) groups is 1. The summed E-state index contributed by atoms with van der Waals surface area (Å²) in [5.74, 6) is 4.15. The van der Waals surface area contributed by atoms with Crippen molar-refractivity contribution in [2.24, 2.45) is 11.3 Å². The Bertz CT molecular complexity index is 729. The number of allylic oxidation sites excluding steroid dienone is 1. The van der Waals surface area contributed by atoms with Gasteiger partial charge in [-0.05, 0) is 45.3 Å². The summed E-state index contributed by atoms with van der Waals surface area (Å²) in [5.41, 5.74) is -0.550. The average molecular weight is 360 g/mol. The van der Waals surface area contributed by atoms with Gasteiger partial charge >= 0.3 is 5.97 Å². The van der Waals surface area contributed by atoms with Gasteiger partial charge in [-0.15, -0.1) is 0 Å². The van der Waals surface area contributed by atoms with E-state index in [9.17, 15) is 9.90 Å². The molecule has 1 saturated heterocycles. The number of ether oxygens (including phenoxy) is 2. The normalized spacial score (nSPS) is 44.2. The Kier molecular flexibility index (Phi) is 4.59. The fourth-order valence-corrected chi connectivity index (χ4v) is 4.34. The van der Waals surface area contributed by atoms with Gasteiger partial charge in [-0.3, -0.25) is 0 Å². The van der Waals surface area contributed by atoms with Crippen molar-refractivity contribution in [3.05, 3.63) is 23.3 Å². The van der Waals surface area contributed by atoms with Crippen LogP contribution in [0, 0.1) is 23.2 Å². The number of hydrogen-bond acceptors (Lipinski definition) is 4. The van der Waals surface area contributed by atoms with Gasteiger partial charge in [0.05, 0.1) is 12.2 Å². The first-order valence-corrected chi connectivity index (χ1v) is 9.32. The van der Waals surface area contributed by atoms with Crippen LogP contribution in [0.4, 0.5) is 0 Å². The molecule has 2 aliphatic carbocycles. The van der Waals surface area contributed by atoms with Crippen LogP contribution in [0.1, 0.15) is 53.9 Å². The predicted octanol–water partition coefficient (Wildman–Crippen LogP) is 3.04. The van der Waals surface area contributed by atoms with Crippen molar-refractivity contribution in [2.75, 3.05) is 0 Å². The maximum absolute atomic E-state index is 11.4. The molecule has 0 radical (unpaired) electrons. The summed E-state index contributed by atoms with van der Waals surface area (Å²) in [7, 11) is 0. The van der Waals surface area contributed by atoms with Gasteiger partial charge in [0.25, 0.3) is 0 Å². The highest BCUT2D eigenvalue weighted by atomic mass is 16.8. The van der Waals surface area contributed by atoms with Crippen LogP contribution in [0.3, 0.4) is 0 Å². The second-order valence-corrected chi connectivity index (χ2v) is 8.09. The van der Waals surface area contributed by atoms with Crippen molar-refractivity contribution in [1.29, 1.82) is 0 Å². The first kappa shape index (κ1) is 19.2. The molecule has 2 N–H and O–H groups in total. The molecule has 26 heavy (non-hydrogen) atoms. The van der Waals surface area contributed by atoms with E-state index in [1.807, 2.05) is 40.7 Å². The van der Waals surface area contributed by atoms with Gasteiger partial charge in [0.2, 0.25) is 0 Å². The molecule has 1 spiro atoms. The molecule has 0 aromatic rings. The van der Waals surface area contributed by atoms with Crippen LogP contribution >= 0.6 is 0 Å². The number of aliphatic hydroxyl groups is 1. The van der Waals surface area contributed by atoms with E-state index in [0.29, 0.717) is 17.6 Å². The van der Waals surface area contributed by atoms with Gasteiger partial charge in [0, 0.05) is 23.0 Å². The zero-order valence-corrected chi connectivity index (χ0v) is 16.1. The zero-order valence-electron chi connectivity index (χ0n) is 16.1. The third kappa shape index (κ3) is 2.81. The van der Waals surface area contributed by atoms with Crippen molar-refractivity contribution in [1.82, 2.24) is 0 Å². The average Bonchev–Trinajstić information content (AvgIpc) is 3.18. The van der Waals surface area contributed by atoms with Crippen LogP contribution in [0.15, 0.2) is 23.3 Å². The van der Waals surface area contributed by atoms with Gasteiger partial charge in [-0.25, -0.2) is 4.79 Å². The largest absolute Gasteiger partial charge is 0.478 e. The monoisotopic (exact) mass is 360 g/mol. The van der Waals surface area contributed by atoms with Crippen molar-refractivity contribution in [2.45, 2.75) is 77.5 Å². The van der Waals surface area contributed by atoms with E-state index in [4.69, 9.17) is 14.6 Å². The minimum atomic E-state index is -1.31. The fraction of sp³-hybridized carbons (Fsp3) is 0.667. The van der Waals surface area contributed by atoms with Gasteiger partial charge in [-0.2, -0.15) is 0 Å². The summed E-state index contributed by atoms with van der Waals surface area (Å²) in [6.45, 7) is 9.81. The minimum Gasteiger partial charge on any atom is -0.478 e. The van der Waals surface area contributed by atoms with E-state index in [0.717, 1.165) is 18.9 Å². The van der Waals surface area contributed by atoms with E-state index >= 15 is 0 Å². The van der Waals surface area contributed by atoms with Crippen LogP contribution in [0.5, 0.6) is 0 Å². The molecule has 1 saturated carbocycles. The number of rotatable bonds is 3. The molecule has 2 fully saturated rings.